The van der Waals surface area contributed by atoms with Crippen molar-refractivity contribution in [2.75, 3.05) is 11.4 Å². The fourth-order valence-electron chi connectivity index (χ4n) is 3.66. The van der Waals surface area contributed by atoms with E-state index in [1.807, 2.05) is 41.3 Å². The topological polar surface area (TPSA) is 65.1 Å². The Morgan fingerprint density at radius 2 is 1.81 bits per heavy atom. The van der Waals surface area contributed by atoms with E-state index < -0.39 is 0 Å². The van der Waals surface area contributed by atoms with Crippen LogP contribution in [0.5, 0.6) is 0 Å². The fraction of sp³-hybridized carbons (Fsp3) is 0.273. The normalized spacial score (nSPS) is 14.8. The molecular formula is C22H24N4O. The maximum atomic E-state index is 10.7. The Hall–Kier alpha value is -3.08. The first-order valence-electron chi connectivity index (χ1n) is 9.35. The van der Waals surface area contributed by atoms with Crippen molar-refractivity contribution in [3.05, 3.63) is 65.7 Å². The number of hydrogen-bond donors (Lipinski definition) is 2. The molecule has 0 saturated carbocycles. The molecule has 0 radical (unpaired) electrons. The van der Waals surface area contributed by atoms with Crippen molar-refractivity contribution < 1.29 is 5.11 Å². The summed E-state index contributed by atoms with van der Waals surface area (Å²) in [7, 11) is 0. The molecule has 0 atom stereocenters. The van der Waals surface area contributed by atoms with Gasteiger partial charge in [-0.2, -0.15) is 0 Å². The Morgan fingerprint density at radius 1 is 1.11 bits per heavy atom. The smallest absolute Gasteiger partial charge is 0.148 e. The second-order valence-electron chi connectivity index (χ2n) is 7.17. The second-order valence-corrected chi connectivity index (χ2v) is 7.17. The molecule has 2 aromatic carbocycles. The number of aliphatic hydroxyl groups is 1. The molecule has 0 spiro atoms. The predicted molar refractivity (Wildman–Crippen MR) is 111 cm³/mol. The number of para-hydroxylation sites is 2. The van der Waals surface area contributed by atoms with E-state index in [1.165, 1.54) is 5.56 Å². The molecule has 0 bridgehead atoms. The molecule has 0 aliphatic carbocycles. The highest BCUT2D eigenvalue weighted by molar-refractivity contribution is 6.30. The van der Waals surface area contributed by atoms with Crippen molar-refractivity contribution in [3.8, 4) is 0 Å². The average Bonchev–Trinajstić information content (AvgIpc) is 3.18. The number of nitrogens with one attached hydrogen (secondary N) is 1. The van der Waals surface area contributed by atoms with E-state index in [0.29, 0.717) is 23.9 Å². The van der Waals surface area contributed by atoms with Gasteiger partial charge in [0, 0.05) is 12.2 Å². The summed E-state index contributed by atoms with van der Waals surface area (Å²) in [5.41, 5.74) is 4.57. The maximum Gasteiger partial charge on any atom is 0.148 e. The van der Waals surface area contributed by atoms with Crippen LogP contribution in [0.4, 0.5) is 5.69 Å². The third-order valence-electron chi connectivity index (χ3n) is 5.17. The lowest BCUT2D eigenvalue weighted by Crippen LogP contribution is -2.26. The molecule has 5 heteroatoms. The summed E-state index contributed by atoms with van der Waals surface area (Å²) in [4.78, 5) is 6.54. The molecule has 0 unspecified atom stereocenters. The zero-order chi connectivity index (χ0) is 19.1. The predicted octanol–water partition coefficient (Wildman–Crippen LogP) is 4.95. The Balaban J connectivity index is 1.73. The van der Waals surface area contributed by atoms with E-state index in [-0.39, 0.29) is 11.6 Å². The highest BCUT2D eigenvalue weighted by Gasteiger charge is 2.32. The molecule has 0 amide bonds. The molecule has 5 nitrogen and oxygen atoms in total. The molecule has 2 N–H and O–H groups in total. The van der Waals surface area contributed by atoms with Crippen molar-refractivity contribution in [2.45, 2.75) is 33.2 Å². The molecular weight excluding hydrogens is 336 g/mol. The van der Waals surface area contributed by atoms with E-state index in [2.05, 4.69) is 37.5 Å². The first-order valence-corrected chi connectivity index (χ1v) is 9.35. The van der Waals surface area contributed by atoms with E-state index in [4.69, 9.17) is 10.4 Å². The van der Waals surface area contributed by atoms with Crippen LogP contribution in [0.25, 0.3) is 16.6 Å². The van der Waals surface area contributed by atoms with Crippen LogP contribution in [0.2, 0.25) is 0 Å². The summed E-state index contributed by atoms with van der Waals surface area (Å²) >= 11 is 0. The third kappa shape index (κ3) is 2.79. The lowest BCUT2D eigenvalue weighted by Gasteiger charge is -2.19. The number of nitrogens with zero attached hydrogens (tertiary/aromatic N) is 3. The van der Waals surface area contributed by atoms with Gasteiger partial charge in [-0.25, -0.2) is 4.98 Å². The molecule has 27 heavy (non-hydrogen) atoms. The molecule has 138 valence electrons. The minimum Gasteiger partial charge on any atom is -0.509 e. The van der Waals surface area contributed by atoms with Crippen LogP contribution >= 0.6 is 0 Å². The van der Waals surface area contributed by atoms with Gasteiger partial charge in [0.1, 0.15) is 17.4 Å². The minimum atomic E-state index is 0.193. The van der Waals surface area contributed by atoms with Gasteiger partial charge in [-0.15, -0.1) is 0 Å². The molecule has 1 aromatic heterocycles. The van der Waals surface area contributed by atoms with Crippen LogP contribution in [0, 0.1) is 5.41 Å². The Morgan fingerprint density at radius 3 is 2.48 bits per heavy atom. The SMILES string of the molecule is CCn1c(C2=C(O)CN(c3ccc(C(C)C)cc3)C2=N)nc2ccccc21. The fourth-order valence-corrected chi connectivity index (χ4v) is 3.66. The van der Waals surface area contributed by atoms with E-state index in [1.54, 1.807) is 0 Å². The van der Waals surface area contributed by atoms with Crippen LogP contribution in [-0.4, -0.2) is 27.0 Å². The van der Waals surface area contributed by atoms with E-state index in [0.717, 1.165) is 23.3 Å². The van der Waals surface area contributed by atoms with Crippen molar-refractivity contribution in [1.82, 2.24) is 9.55 Å². The Labute approximate surface area is 159 Å². The summed E-state index contributed by atoms with van der Waals surface area (Å²) in [5, 5.41) is 19.4. The van der Waals surface area contributed by atoms with Gasteiger partial charge in [-0.1, -0.05) is 38.1 Å². The Kier molecular flexibility index (Phi) is 4.22. The summed E-state index contributed by atoms with van der Waals surface area (Å²) in [6.07, 6.45) is 0. The van der Waals surface area contributed by atoms with Crippen LogP contribution in [0.3, 0.4) is 0 Å². The number of fused-ring (bicyclic) bond motifs is 1. The highest BCUT2D eigenvalue weighted by atomic mass is 16.3. The van der Waals surface area contributed by atoms with Gasteiger partial charge < -0.3 is 14.6 Å². The van der Waals surface area contributed by atoms with Crippen LogP contribution < -0.4 is 4.90 Å². The first kappa shape index (κ1) is 17.3. The van der Waals surface area contributed by atoms with Gasteiger partial charge in [0.25, 0.3) is 0 Å². The second kappa shape index (κ2) is 6.58. The first-order chi connectivity index (χ1) is 13.0. The van der Waals surface area contributed by atoms with Crippen molar-refractivity contribution in [3.63, 3.8) is 0 Å². The van der Waals surface area contributed by atoms with Crippen molar-refractivity contribution in [1.29, 1.82) is 5.41 Å². The summed E-state index contributed by atoms with van der Waals surface area (Å²) < 4.78 is 2.06. The van der Waals surface area contributed by atoms with Gasteiger partial charge >= 0.3 is 0 Å². The van der Waals surface area contributed by atoms with Gasteiger partial charge in [-0.3, -0.25) is 5.41 Å². The van der Waals surface area contributed by atoms with Crippen molar-refractivity contribution >= 4 is 28.1 Å². The monoisotopic (exact) mass is 360 g/mol. The lowest BCUT2D eigenvalue weighted by atomic mass is 10.0. The number of benzene rings is 2. The third-order valence-corrected chi connectivity index (χ3v) is 5.17. The van der Waals surface area contributed by atoms with Crippen LogP contribution in [0.15, 0.2) is 54.3 Å². The van der Waals surface area contributed by atoms with Gasteiger partial charge in [0.15, 0.2) is 0 Å². The minimum absolute atomic E-state index is 0.193. The number of anilines is 1. The quantitative estimate of drug-likeness (QED) is 0.692. The molecule has 1 aliphatic heterocycles. The number of aliphatic hydroxyl groups excluding tert-OH is 1. The molecule has 1 aliphatic rings. The molecule has 3 aromatic rings. The number of amidine groups is 1. The van der Waals surface area contributed by atoms with Crippen LogP contribution in [0.1, 0.15) is 38.1 Å². The van der Waals surface area contributed by atoms with E-state index >= 15 is 0 Å². The number of aromatic nitrogens is 2. The van der Waals surface area contributed by atoms with Gasteiger partial charge in [-0.05, 0) is 42.7 Å². The summed E-state index contributed by atoms with van der Waals surface area (Å²) in [6.45, 7) is 7.39. The maximum absolute atomic E-state index is 10.7. The van der Waals surface area contributed by atoms with Gasteiger partial charge in [0.2, 0.25) is 0 Å². The number of imidazole rings is 1. The Bertz CT molecular complexity index is 1040. The summed E-state index contributed by atoms with van der Waals surface area (Å²) in [6, 6.07) is 16.1. The van der Waals surface area contributed by atoms with Gasteiger partial charge in [0.05, 0.1) is 23.2 Å². The molecule has 0 saturated heterocycles. The zero-order valence-corrected chi connectivity index (χ0v) is 15.9. The summed E-state index contributed by atoms with van der Waals surface area (Å²) in [5.74, 6) is 1.60. The largest absolute Gasteiger partial charge is 0.509 e. The van der Waals surface area contributed by atoms with E-state index in [9.17, 15) is 5.11 Å². The number of hydrogen-bond acceptors (Lipinski definition) is 3. The zero-order valence-electron chi connectivity index (χ0n) is 15.9. The molecule has 4 rings (SSSR count). The number of aryl methyl sites for hydroxylation is 1. The molecule has 2 heterocycles. The lowest BCUT2D eigenvalue weighted by molar-refractivity contribution is 0.411. The highest BCUT2D eigenvalue weighted by Crippen LogP contribution is 2.33. The standard InChI is InChI=1S/C22H24N4O/c1-4-25-18-8-6-5-7-17(18)24-22(25)20-19(27)13-26(21(20)23)16-11-9-15(10-12-16)14(2)3/h5-12,14,23,27H,4,13H2,1-3H3. The molecule has 0 fully saturated rings. The van der Waals surface area contributed by atoms with Crippen molar-refractivity contribution in [2.24, 2.45) is 0 Å². The van der Waals surface area contributed by atoms with Crippen LogP contribution in [-0.2, 0) is 6.54 Å². The average molecular weight is 360 g/mol. The number of rotatable bonds is 4.